The van der Waals surface area contributed by atoms with Crippen molar-refractivity contribution in [1.29, 1.82) is 0 Å². The van der Waals surface area contributed by atoms with E-state index >= 15 is 0 Å². The number of nitrogens with zero attached hydrogens (tertiary/aromatic N) is 9. The van der Waals surface area contributed by atoms with Gasteiger partial charge in [-0.1, -0.05) is 12.1 Å². The summed E-state index contributed by atoms with van der Waals surface area (Å²) < 4.78 is 32.9. The summed E-state index contributed by atoms with van der Waals surface area (Å²) in [6, 6.07) is 11.6. The maximum absolute atomic E-state index is 13.1. The molecular formula is C20H13F2N9O4. The average Bonchev–Trinajstić information content (AvgIpc) is 3.48. The van der Waals surface area contributed by atoms with Gasteiger partial charge in [-0.2, -0.15) is 18.6 Å². The Hall–Kier alpha value is -5.08. The van der Waals surface area contributed by atoms with Crippen LogP contribution in [0.3, 0.4) is 0 Å². The summed E-state index contributed by atoms with van der Waals surface area (Å²) in [7, 11) is 0. The van der Waals surface area contributed by atoms with E-state index in [0.29, 0.717) is 5.69 Å². The van der Waals surface area contributed by atoms with Gasteiger partial charge in [0.2, 0.25) is 0 Å². The maximum atomic E-state index is 13.1. The summed E-state index contributed by atoms with van der Waals surface area (Å²) in [4.78, 5) is 28.2. The Morgan fingerprint density at radius 2 is 1.86 bits per heavy atom. The van der Waals surface area contributed by atoms with Crippen molar-refractivity contribution >= 4 is 16.7 Å². The first-order valence-electron chi connectivity index (χ1n) is 9.92. The fourth-order valence-electron chi connectivity index (χ4n) is 3.46. The van der Waals surface area contributed by atoms with Gasteiger partial charge in [-0.25, -0.2) is 9.67 Å². The molecule has 0 spiro atoms. The highest BCUT2D eigenvalue weighted by molar-refractivity contribution is 5.76. The zero-order chi connectivity index (χ0) is 24.5. The number of nitro groups is 1. The fraction of sp³-hybridized carbons (Fsp3) is 0.100. The molecule has 0 saturated carbocycles. The highest BCUT2D eigenvalue weighted by atomic mass is 19.3. The molecule has 0 radical (unpaired) electrons. The lowest BCUT2D eigenvalue weighted by Gasteiger charge is -2.08. The lowest BCUT2D eigenvalue weighted by atomic mass is 10.2. The second kappa shape index (κ2) is 8.69. The summed E-state index contributed by atoms with van der Waals surface area (Å²) in [6.07, 6.45) is 2.54. The highest BCUT2D eigenvalue weighted by Gasteiger charge is 2.20. The Balaban J connectivity index is 1.48. The second-order valence-electron chi connectivity index (χ2n) is 7.10. The lowest BCUT2D eigenvalue weighted by molar-refractivity contribution is -0.384. The van der Waals surface area contributed by atoms with Crippen molar-refractivity contribution in [1.82, 2.24) is 39.5 Å². The molecule has 0 bridgehead atoms. The minimum Gasteiger partial charge on any atom is -0.435 e. The van der Waals surface area contributed by atoms with E-state index in [9.17, 15) is 23.7 Å². The van der Waals surface area contributed by atoms with Crippen LogP contribution >= 0.6 is 0 Å². The monoisotopic (exact) mass is 481 g/mol. The molecule has 5 aromatic rings. The number of fused-ring (bicyclic) bond motifs is 1. The third-order valence-electron chi connectivity index (χ3n) is 5.01. The van der Waals surface area contributed by atoms with Crippen LogP contribution in [0.2, 0.25) is 0 Å². The Morgan fingerprint density at radius 1 is 1.09 bits per heavy atom. The van der Waals surface area contributed by atoms with Crippen LogP contribution in [0, 0.1) is 10.1 Å². The summed E-state index contributed by atoms with van der Waals surface area (Å²) in [6.45, 7) is -3.02. The zero-order valence-electron chi connectivity index (χ0n) is 17.5. The van der Waals surface area contributed by atoms with Gasteiger partial charge in [-0.3, -0.25) is 19.5 Å². The van der Waals surface area contributed by atoms with E-state index in [2.05, 4.69) is 30.3 Å². The first kappa shape index (κ1) is 21.7. The van der Waals surface area contributed by atoms with Crippen molar-refractivity contribution in [2.45, 2.75) is 13.2 Å². The molecule has 0 N–H and O–H groups in total. The minimum absolute atomic E-state index is 0.0279. The standard InChI is InChI=1S/C20H13F2N9O4/c21-20(22)35-13-7-5-12(6-8-13)29-17(25-26-27-29)10-28-11-23-18-14(19(28)32)9-24-30(18)15-3-1-2-4-16(15)31(33)34/h1-9,11,20H,10H2. The SMILES string of the molecule is O=c1c2cnn(-c3ccccc3[N+](=O)[O-])c2ncn1Cc1nnnn1-c1ccc(OC(F)F)cc1. The van der Waals surface area contributed by atoms with Gasteiger partial charge in [-0.05, 0) is 40.8 Å². The van der Waals surface area contributed by atoms with Crippen molar-refractivity contribution in [2.75, 3.05) is 0 Å². The Bertz CT molecular complexity index is 1590. The third kappa shape index (κ3) is 4.05. The molecule has 0 saturated heterocycles. The number of hydrogen-bond acceptors (Lipinski definition) is 9. The number of benzene rings is 2. The topological polar surface area (TPSA) is 149 Å². The largest absolute Gasteiger partial charge is 0.435 e. The molecule has 0 atom stereocenters. The van der Waals surface area contributed by atoms with Gasteiger partial charge in [0, 0.05) is 6.07 Å². The van der Waals surface area contributed by atoms with E-state index in [1.165, 1.54) is 68.9 Å². The van der Waals surface area contributed by atoms with Gasteiger partial charge in [0.25, 0.3) is 11.2 Å². The van der Waals surface area contributed by atoms with Crippen LogP contribution in [-0.4, -0.2) is 51.1 Å². The number of nitro benzene ring substituents is 1. The molecule has 0 unspecified atom stereocenters. The normalized spacial score (nSPS) is 11.3. The fourth-order valence-corrected chi connectivity index (χ4v) is 3.46. The molecule has 35 heavy (non-hydrogen) atoms. The number of hydrogen-bond donors (Lipinski definition) is 0. The minimum atomic E-state index is -2.95. The van der Waals surface area contributed by atoms with Crippen molar-refractivity contribution in [3.8, 4) is 17.1 Å². The van der Waals surface area contributed by atoms with E-state index in [1.807, 2.05) is 0 Å². The van der Waals surface area contributed by atoms with Crippen LogP contribution in [0.25, 0.3) is 22.4 Å². The predicted octanol–water partition coefficient (Wildman–Crippen LogP) is 2.12. The van der Waals surface area contributed by atoms with Gasteiger partial charge in [0.1, 0.15) is 23.2 Å². The van der Waals surface area contributed by atoms with Gasteiger partial charge in [-0.15, -0.1) is 5.10 Å². The quantitative estimate of drug-likeness (QED) is 0.252. The summed E-state index contributed by atoms with van der Waals surface area (Å²) in [5, 5.41) is 27.1. The third-order valence-corrected chi connectivity index (χ3v) is 5.01. The van der Waals surface area contributed by atoms with Crippen molar-refractivity contribution in [2.24, 2.45) is 0 Å². The smallest absolute Gasteiger partial charge is 0.387 e. The van der Waals surface area contributed by atoms with Crippen LogP contribution in [0.15, 0.2) is 65.8 Å². The van der Waals surface area contributed by atoms with Crippen LogP contribution in [0.1, 0.15) is 5.82 Å². The molecule has 0 aliphatic heterocycles. The summed E-state index contributed by atoms with van der Waals surface area (Å²) >= 11 is 0. The van der Waals surface area contributed by atoms with Crippen molar-refractivity contribution in [3.05, 3.63) is 87.3 Å². The number of tetrazole rings is 1. The second-order valence-corrected chi connectivity index (χ2v) is 7.10. The van der Waals surface area contributed by atoms with Gasteiger partial charge in [0.15, 0.2) is 11.5 Å². The molecule has 0 aliphatic carbocycles. The Labute approximate surface area is 193 Å². The number of halogens is 2. The summed E-state index contributed by atoms with van der Waals surface area (Å²) in [5.41, 5.74) is 0.121. The van der Waals surface area contributed by atoms with E-state index in [4.69, 9.17) is 0 Å². The number of para-hydroxylation sites is 2. The average molecular weight is 481 g/mol. The van der Waals surface area contributed by atoms with Crippen LogP contribution in [-0.2, 0) is 6.54 Å². The van der Waals surface area contributed by atoms with Crippen LogP contribution in [0.5, 0.6) is 5.75 Å². The van der Waals surface area contributed by atoms with E-state index in [0.717, 1.165) is 0 Å². The molecule has 0 aliphatic rings. The molecular weight excluding hydrogens is 468 g/mol. The number of alkyl halides is 2. The number of ether oxygens (including phenoxy) is 1. The molecule has 2 aromatic carbocycles. The summed E-state index contributed by atoms with van der Waals surface area (Å²) in [5.74, 6) is 0.238. The predicted molar refractivity (Wildman–Crippen MR) is 115 cm³/mol. The van der Waals surface area contributed by atoms with E-state index in [-0.39, 0.29) is 40.5 Å². The molecule has 3 heterocycles. The molecule has 5 rings (SSSR count). The van der Waals surface area contributed by atoms with E-state index < -0.39 is 17.1 Å². The molecule has 13 nitrogen and oxygen atoms in total. The maximum Gasteiger partial charge on any atom is 0.387 e. The molecule has 15 heteroatoms. The molecule has 0 fully saturated rings. The van der Waals surface area contributed by atoms with Gasteiger partial charge < -0.3 is 4.74 Å². The Kier molecular flexibility index (Phi) is 5.40. The molecule has 0 amide bonds. The first-order valence-corrected chi connectivity index (χ1v) is 9.92. The highest BCUT2D eigenvalue weighted by Crippen LogP contribution is 2.24. The number of rotatable bonds is 7. The van der Waals surface area contributed by atoms with Gasteiger partial charge in [0.05, 0.1) is 23.4 Å². The molecule has 3 aromatic heterocycles. The van der Waals surface area contributed by atoms with Gasteiger partial charge >= 0.3 is 6.61 Å². The zero-order valence-corrected chi connectivity index (χ0v) is 17.5. The lowest BCUT2D eigenvalue weighted by Crippen LogP contribution is -2.23. The van der Waals surface area contributed by atoms with Crippen LogP contribution in [0.4, 0.5) is 14.5 Å². The Morgan fingerprint density at radius 3 is 2.60 bits per heavy atom. The van der Waals surface area contributed by atoms with Crippen molar-refractivity contribution in [3.63, 3.8) is 0 Å². The first-order chi connectivity index (χ1) is 16.9. The van der Waals surface area contributed by atoms with Crippen molar-refractivity contribution < 1.29 is 18.4 Å². The van der Waals surface area contributed by atoms with E-state index in [1.54, 1.807) is 6.07 Å². The van der Waals surface area contributed by atoms with Crippen LogP contribution < -0.4 is 10.3 Å². The number of aromatic nitrogens is 8. The molecule has 176 valence electrons.